The second kappa shape index (κ2) is 7.71. The Morgan fingerprint density at radius 3 is 3.05 bits per heavy atom. The second-order valence-corrected chi connectivity index (χ2v) is 5.04. The van der Waals surface area contributed by atoms with Gasteiger partial charge in [-0.15, -0.1) is 11.3 Å². The molecule has 0 amide bonds. The van der Waals surface area contributed by atoms with E-state index in [9.17, 15) is 0 Å². The summed E-state index contributed by atoms with van der Waals surface area (Å²) >= 11 is 1.70. The van der Waals surface area contributed by atoms with E-state index in [2.05, 4.69) is 22.9 Å². The van der Waals surface area contributed by atoms with Crippen LogP contribution in [-0.2, 0) is 13.0 Å². The zero-order chi connectivity index (χ0) is 13.3. The largest absolute Gasteiger partial charge is 0.489 e. The van der Waals surface area contributed by atoms with Crippen LogP contribution >= 0.6 is 11.3 Å². The van der Waals surface area contributed by atoms with Crippen molar-refractivity contribution in [3.63, 3.8) is 0 Å². The van der Waals surface area contributed by atoms with E-state index in [0.717, 1.165) is 25.3 Å². The van der Waals surface area contributed by atoms with E-state index in [4.69, 9.17) is 4.74 Å². The predicted octanol–water partition coefficient (Wildman–Crippen LogP) is 3.04. The minimum Gasteiger partial charge on any atom is -0.489 e. The number of nitrogens with one attached hydrogen (secondary N) is 1. The molecule has 0 bridgehead atoms. The summed E-state index contributed by atoms with van der Waals surface area (Å²) in [5.41, 5.74) is 1.17. The van der Waals surface area contributed by atoms with Crippen molar-refractivity contribution in [1.29, 1.82) is 0 Å². The van der Waals surface area contributed by atoms with Gasteiger partial charge in [-0.05, 0) is 6.07 Å². The maximum absolute atomic E-state index is 5.62. The minimum absolute atomic E-state index is 0.538. The third-order valence-corrected chi connectivity index (χ3v) is 3.48. The lowest BCUT2D eigenvalue weighted by Gasteiger charge is -2.10. The van der Waals surface area contributed by atoms with Gasteiger partial charge in [0.1, 0.15) is 12.4 Å². The van der Waals surface area contributed by atoms with Crippen LogP contribution in [0.2, 0.25) is 0 Å². The van der Waals surface area contributed by atoms with Crippen LogP contribution in [0.25, 0.3) is 0 Å². The van der Waals surface area contributed by atoms with Crippen molar-refractivity contribution >= 4 is 11.3 Å². The summed E-state index contributed by atoms with van der Waals surface area (Å²) in [7, 11) is 0. The van der Waals surface area contributed by atoms with E-state index in [1.165, 1.54) is 10.6 Å². The lowest BCUT2D eigenvalue weighted by molar-refractivity contribution is 0.358. The number of rotatable bonds is 8. The van der Waals surface area contributed by atoms with Crippen LogP contribution in [0.15, 0.2) is 48.5 Å². The number of benzene rings is 1. The lowest BCUT2D eigenvalue weighted by atomic mass is 10.2. The second-order valence-electron chi connectivity index (χ2n) is 4.06. The molecule has 0 fully saturated rings. The van der Waals surface area contributed by atoms with Crippen LogP contribution in [0.4, 0.5) is 0 Å². The summed E-state index contributed by atoms with van der Waals surface area (Å²) in [5.74, 6) is 0.921. The average molecular weight is 274 g/mol. The summed E-state index contributed by atoms with van der Waals surface area (Å²) in [6.45, 7) is 5.92. The van der Waals surface area contributed by atoms with Crippen molar-refractivity contribution in [3.05, 3.63) is 59.1 Å². The molecule has 3 nitrogen and oxygen atoms in total. The van der Waals surface area contributed by atoms with Gasteiger partial charge in [-0.1, -0.05) is 30.9 Å². The first-order valence-electron chi connectivity index (χ1n) is 6.31. The van der Waals surface area contributed by atoms with Gasteiger partial charge in [0.25, 0.3) is 0 Å². The number of aromatic nitrogens is 1. The van der Waals surface area contributed by atoms with Gasteiger partial charge < -0.3 is 10.1 Å². The van der Waals surface area contributed by atoms with Gasteiger partial charge in [0.15, 0.2) is 0 Å². The van der Waals surface area contributed by atoms with Crippen molar-refractivity contribution in [3.8, 4) is 5.75 Å². The summed E-state index contributed by atoms with van der Waals surface area (Å²) in [5, 5.41) is 6.60. The standard InChI is InChI=1S/C15H18N2OS/c1-2-10-18-14-6-4-3-5-13(14)12-16-8-7-15-17-9-11-19-15/h2-6,9,11,16H,1,7-8,10,12H2. The van der Waals surface area contributed by atoms with Gasteiger partial charge in [-0.3, -0.25) is 0 Å². The molecule has 19 heavy (non-hydrogen) atoms. The zero-order valence-corrected chi connectivity index (χ0v) is 11.7. The maximum atomic E-state index is 5.62. The molecular weight excluding hydrogens is 256 g/mol. The maximum Gasteiger partial charge on any atom is 0.124 e. The number of para-hydroxylation sites is 1. The molecule has 2 aromatic rings. The molecular formula is C15H18N2OS. The predicted molar refractivity (Wildman–Crippen MR) is 79.7 cm³/mol. The summed E-state index contributed by atoms with van der Waals surface area (Å²) in [6.07, 6.45) is 4.57. The van der Waals surface area contributed by atoms with Crippen LogP contribution in [0.3, 0.4) is 0 Å². The molecule has 0 spiro atoms. The average Bonchev–Trinajstić information content (AvgIpc) is 2.95. The van der Waals surface area contributed by atoms with Gasteiger partial charge in [0.05, 0.1) is 5.01 Å². The Morgan fingerprint density at radius 2 is 2.26 bits per heavy atom. The van der Waals surface area contributed by atoms with Gasteiger partial charge in [0, 0.05) is 36.7 Å². The van der Waals surface area contributed by atoms with Crippen LogP contribution in [-0.4, -0.2) is 18.1 Å². The molecule has 0 aliphatic rings. The highest BCUT2D eigenvalue weighted by Crippen LogP contribution is 2.17. The van der Waals surface area contributed by atoms with E-state index in [1.54, 1.807) is 17.4 Å². The molecule has 0 radical (unpaired) electrons. The van der Waals surface area contributed by atoms with E-state index in [-0.39, 0.29) is 0 Å². The molecule has 0 atom stereocenters. The quantitative estimate of drug-likeness (QED) is 0.593. The Balaban J connectivity index is 1.80. The fourth-order valence-corrected chi connectivity index (χ4v) is 2.35. The molecule has 1 N–H and O–H groups in total. The van der Waals surface area contributed by atoms with Gasteiger partial charge in [-0.25, -0.2) is 4.98 Å². The number of hydrogen-bond donors (Lipinski definition) is 1. The molecule has 1 aromatic carbocycles. The number of nitrogens with zero attached hydrogens (tertiary/aromatic N) is 1. The number of hydrogen-bond acceptors (Lipinski definition) is 4. The smallest absolute Gasteiger partial charge is 0.124 e. The zero-order valence-electron chi connectivity index (χ0n) is 10.8. The summed E-state index contributed by atoms with van der Waals surface area (Å²) in [4.78, 5) is 4.26. The van der Waals surface area contributed by atoms with Crippen LogP contribution < -0.4 is 10.1 Å². The van der Waals surface area contributed by atoms with E-state index < -0.39 is 0 Å². The Hall–Kier alpha value is -1.65. The summed E-state index contributed by atoms with van der Waals surface area (Å²) in [6, 6.07) is 8.08. The molecule has 1 heterocycles. The number of thiazole rings is 1. The molecule has 0 unspecified atom stereocenters. The van der Waals surface area contributed by atoms with E-state index >= 15 is 0 Å². The lowest BCUT2D eigenvalue weighted by Crippen LogP contribution is -2.17. The minimum atomic E-state index is 0.538. The third kappa shape index (κ3) is 4.50. The van der Waals surface area contributed by atoms with Crippen molar-refractivity contribution in [2.24, 2.45) is 0 Å². The Morgan fingerprint density at radius 1 is 1.37 bits per heavy atom. The summed E-state index contributed by atoms with van der Waals surface area (Å²) < 4.78 is 5.62. The highest BCUT2D eigenvalue weighted by molar-refractivity contribution is 7.09. The fourth-order valence-electron chi connectivity index (χ4n) is 1.73. The molecule has 4 heteroatoms. The molecule has 100 valence electrons. The Labute approximate surface area is 118 Å². The van der Waals surface area contributed by atoms with Crippen molar-refractivity contribution in [2.75, 3.05) is 13.2 Å². The van der Waals surface area contributed by atoms with Gasteiger partial charge in [0.2, 0.25) is 0 Å². The highest BCUT2D eigenvalue weighted by Gasteiger charge is 2.02. The molecule has 2 rings (SSSR count). The van der Waals surface area contributed by atoms with Crippen molar-refractivity contribution < 1.29 is 4.74 Å². The monoisotopic (exact) mass is 274 g/mol. The first-order chi connectivity index (χ1) is 9.40. The topological polar surface area (TPSA) is 34.1 Å². The number of ether oxygens (including phenoxy) is 1. The molecule has 0 saturated heterocycles. The van der Waals surface area contributed by atoms with Crippen molar-refractivity contribution in [1.82, 2.24) is 10.3 Å². The third-order valence-electron chi connectivity index (χ3n) is 2.64. The molecule has 0 aliphatic carbocycles. The Kier molecular flexibility index (Phi) is 5.59. The van der Waals surface area contributed by atoms with E-state index in [1.807, 2.05) is 29.8 Å². The van der Waals surface area contributed by atoms with Crippen molar-refractivity contribution in [2.45, 2.75) is 13.0 Å². The van der Waals surface area contributed by atoms with Crippen LogP contribution in [0, 0.1) is 0 Å². The fraction of sp³-hybridized carbons (Fsp3) is 0.267. The highest BCUT2D eigenvalue weighted by atomic mass is 32.1. The Bertz CT molecular complexity index is 497. The van der Waals surface area contributed by atoms with Gasteiger partial charge in [-0.2, -0.15) is 0 Å². The first-order valence-corrected chi connectivity index (χ1v) is 7.19. The molecule has 1 aromatic heterocycles. The van der Waals surface area contributed by atoms with Crippen LogP contribution in [0.5, 0.6) is 5.75 Å². The van der Waals surface area contributed by atoms with E-state index in [0.29, 0.717) is 6.61 Å². The molecule has 0 aliphatic heterocycles. The SMILES string of the molecule is C=CCOc1ccccc1CNCCc1nccs1. The first kappa shape index (κ1) is 13.8. The van der Waals surface area contributed by atoms with Gasteiger partial charge >= 0.3 is 0 Å². The van der Waals surface area contributed by atoms with Crippen LogP contribution in [0.1, 0.15) is 10.6 Å². The normalized spacial score (nSPS) is 10.3. The molecule has 0 saturated carbocycles.